The number of halogens is 2. The highest BCUT2D eigenvalue weighted by molar-refractivity contribution is 5.85. The standard InChI is InChI=1S/C6H14N2.2ClH/c7-6-3-1-2-4-8-5-6;;/h6,8H,1-5,7H2;2*1H. The molecule has 1 unspecified atom stereocenters. The summed E-state index contributed by atoms with van der Waals surface area (Å²) in [6, 6.07) is 0.414. The minimum Gasteiger partial charge on any atom is -0.327 e. The molecule has 0 spiro atoms. The minimum absolute atomic E-state index is 0. The van der Waals surface area contributed by atoms with E-state index in [1.54, 1.807) is 0 Å². The molecule has 0 aromatic rings. The Labute approximate surface area is 74.8 Å². The van der Waals surface area contributed by atoms with Gasteiger partial charge in [0.15, 0.2) is 0 Å². The normalized spacial score (nSPS) is 25.5. The van der Waals surface area contributed by atoms with Gasteiger partial charge in [-0.15, -0.1) is 24.8 Å². The summed E-state index contributed by atoms with van der Waals surface area (Å²) < 4.78 is 0. The van der Waals surface area contributed by atoms with E-state index in [1.807, 2.05) is 0 Å². The molecule has 1 atom stereocenters. The molecule has 4 heteroatoms. The monoisotopic (exact) mass is 186 g/mol. The number of rotatable bonds is 0. The van der Waals surface area contributed by atoms with Crippen LogP contribution in [0, 0.1) is 0 Å². The lowest BCUT2D eigenvalue weighted by molar-refractivity contribution is 0.600. The number of nitrogens with two attached hydrogens (primary N) is 1. The first-order valence-electron chi connectivity index (χ1n) is 3.36. The maximum Gasteiger partial charge on any atom is 0.0165 e. The zero-order valence-corrected chi connectivity index (χ0v) is 7.64. The summed E-state index contributed by atoms with van der Waals surface area (Å²) in [6.07, 6.45) is 3.80. The highest BCUT2D eigenvalue weighted by atomic mass is 35.5. The van der Waals surface area contributed by atoms with Crippen molar-refractivity contribution < 1.29 is 0 Å². The van der Waals surface area contributed by atoms with E-state index in [1.165, 1.54) is 19.3 Å². The van der Waals surface area contributed by atoms with Crippen LogP contribution in [0.5, 0.6) is 0 Å². The molecule has 1 fully saturated rings. The third-order valence-corrected chi connectivity index (χ3v) is 1.58. The van der Waals surface area contributed by atoms with E-state index >= 15 is 0 Å². The molecule has 2 nitrogen and oxygen atoms in total. The molecule has 1 heterocycles. The maximum atomic E-state index is 5.67. The fraction of sp³-hybridized carbons (Fsp3) is 1.00. The molecule has 1 aliphatic heterocycles. The van der Waals surface area contributed by atoms with Gasteiger partial charge >= 0.3 is 0 Å². The quantitative estimate of drug-likeness (QED) is 0.592. The predicted octanol–water partition coefficient (Wildman–Crippen LogP) is 0.931. The van der Waals surface area contributed by atoms with Crippen molar-refractivity contribution in [2.24, 2.45) is 5.73 Å². The van der Waals surface area contributed by atoms with Crippen molar-refractivity contribution >= 4 is 24.8 Å². The summed E-state index contributed by atoms with van der Waals surface area (Å²) in [5.41, 5.74) is 5.67. The van der Waals surface area contributed by atoms with Crippen molar-refractivity contribution in [3.05, 3.63) is 0 Å². The summed E-state index contributed by atoms with van der Waals surface area (Å²) in [4.78, 5) is 0. The second-order valence-electron chi connectivity index (χ2n) is 2.46. The Kier molecular flexibility index (Phi) is 9.97. The van der Waals surface area contributed by atoms with E-state index in [4.69, 9.17) is 5.73 Å². The topological polar surface area (TPSA) is 38.0 Å². The highest BCUT2D eigenvalue weighted by Crippen LogP contribution is 2.00. The van der Waals surface area contributed by atoms with Gasteiger partial charge in [0, 0.05) is 12.6 Å². The molecule has 0 radical (unpaired) electrons. The van der Waals surface area contributed by atoms with Crippen LogP contribution in [0.2, 0.25) is 0 Å². The molecule has 0 amide bonds. The Hall–Kier alpha value is 0.500. The Bertz CT molecular complexity index is 62.8. The third-order valence-electron chi connectivity index (χ3n) is 1.58. The maximum absolute atomic E-state index is 5.67. The van der Waals surface area contributed by atoms with Crippen LogP contribution in [0.4, 0.5) is 0 Å². The van der Waals surface area contributed by atoms with Gasteiger partial charge in [-0.05, 0) is 19.4 Å². The van der Waals surface area contributed by atoms with Crippen LogP contribution in [-0.2, 0) is 0 Å². The first-order chi connectivity index (χ1) is 3.89. The van der Waals surface area contributed by atoms with Gasteiger partial charge in [0.2, 0.25) is 0 Å². The summed E-state index contributed by atoms with van der Waals surface area (Å²) in [6.45, 7) is 2.17. The van der Waals surface area contributed by atoms with E-state index in [-0.39, 0.29) is 24.8 Å². The van der Waals surface area contributed by atoms with E-state index in [0.717, 1.165) is 13.1 Å². The smallest absolute Gasteiger partial charge is 0.0165 e. The van der Waals surface area contributed by atoms with Crippen LogP contribution in [0.25, 0.3) is 0 Å². The fourth-order valence-electron chi connectivity index (χ4n) is 1.05. The van der Waals surface area contributed by atoms with Crippen LogP contribution >= 0.6 is 24.8 Å². The van der Waals surface area contributed by atoms with Gasteiger partial charge in [-0.2, -0.15) is 0 Å². The van der Waals surface area contributed by atoms with Crippen LogP contribution < -0.4 is 11.1 Å². The molecule has 0 aliphatic carbocycles. The van der Waals surface area contributed by atoms with Crippen molar-refractivity contribution in [2.45, 2.75) is 25.3 Å². The molecule has 0 aromatic carbocycles. The predicted molar refractivity (Wildman–Crippen MR) is 49.2 cm³/mol. The van der Waals surface area contributed by atoms with Crippen LogP contribution in [0.1, 0.15) is 19.3 Å². The molecule has 3 N–H and O–H groups in total. The molecule has 1 saturated heterocycles. The minimum atomic E-state index is 0. The molecular formula is C6H16Cl2N2. The Morgan fingerprint density at radius 3 is 2.60 bits per heavy atom. The summed E-state index contributed by atoms with van der Waals surface area (Å²) in [5.74, 6) is 0. The molecule has 0 bridgehead atoms. The van der Waals surface area contributed by atoms with E-state index in [9.17, 15) is 0 Å². The Morgan fingerprint density at radius 2 is 1.90 bits per heavy atom. The number of nitrogens with one attached hydrogen (secondary N) is 1. The average molecular weight is 187 g/mol. The summed E-state index contributed by atoms with van der Waals surface area (Å²) in [7, 11) is 0. The summed E-state index contributed by atoms with van der Waals surface area (Å²) >= 11 is 0. The third kappa shape index (κ3) is 5.30. The lowest BCUT2D eigenvalue weighted by Gasteiger charge is -2.04. The van der Waals surface area contributed by atoms with Gasteiger partial charge in [-0.25, -0.2) is 0 Å². The lowest BCUT2D eigenvalue weighted by Crippen LogP contribution is -2.31. The lowest BCUT2D eigenvalue weighted by atomic mass is 10.2. The van der Waals surface area contributed by atoms with Gasteiger partial charge in [-0.3, -0.25) is 0 Å². The van der Waals surface area contributed by atoms with Crippen molar-refractivity contribution in [3.8, 4) is 0 Å². The van der Waals surface area contributed by atoms with Gasteiger partial charge < -0.3 is 11.1 Å². The van der Waals surface area contributed by atoms with Crippen LogP contribution in [-0.4, -0.2) is 19.1 Å². The van der Waals surface area contributed by atoms with Crippen LogP contribution in [0.15, 0.2) is 0 Å². The van der Waals surface area contributed by atoms with Crippen molar-refractivity contribution in [3.63, 3.8) is 0 Å². The van der Waals surface area contributed by atoms with E-state index < -0.39 is 0 Å². The highest BCUT2D eigenvalue weighted by Gasteiger charge is 2.04. The molecule has 0 aromatic heterocycles. The first-order valence-corrected chi connectivity index (χ1v) is 3.36. The molecule has 10 heavy (non-hydrogen) atoms. The van der Waals surface area contributed by atoms with E-state index in [2.05, 4.69) is 5.32 Å². The largest absolute Gasteiger partial charge is 0.327 e. The average Bonchev–Trinajstić information content (AvgIpc) is 1.94. The van der Waals surface area contributed by atoms with E-state index in [0.29, 0.717) is 6.04 Å². The van der Waals surface area contributed by atoms with Crippen molar-refractivity contribution in [1.82, 2.24) is 5.32 Å². The second kappa shape index (κ2) is 7.61. The van der Waals surface area contributed by atoms with Crippen molar-refractivity contribution in [2.75, 3.05) is 13.1 Å². The molecular weight excluding hydrogens is 171 g/mol. The zero-order chi connectivity index (χ0) is 5.82. The number of hydrogen-bond acceptors (Lipinski definition) is 2. The first kappa shape index (κ1) is 13.1. The summed E-state index contributed by atoms with van der Waals surface area (Å²) in [5, 5.41) is 3.27. The van der Waals surface area contributed by atoms with Gasteiger partial charge in [0.1, 0.15) is 0 Å². The van der Waals surface area contributed by atoms with Gasteiger partial charge in [0.25, 0.3) is 0 Å². The molecule has 0 saturated carbocycles. The zero-order valence-electron chi connectivity index (χ0n) is 6.01. The number of hydrogen-bond donors (Lipinski definition) is 2. The molecule has 64 valence electrons. The fourth-order valence-corrected chi connectivity index (χ4v) is 1.05. The van der Waals surface area contributed by atoms with Gasteiger partial charge in [-0.1, -0.05) is 6.42 Å². The molecule has 1 rings (SSSR count). The molecule has 1 aliphatic rings. The Morgan fingerprint density at radius 1 is 1.20 bits per heavy atom. The second-order valence-corrected chi connectivity index (χ2v) is 2.46. The SMILES string of the molecule is Cl.Cl.NC1CCCCNC1. The Balaban J connectivity index is 0. The van der Waals surface area contributed by atoms with Gasteiger partial charge in [0.05, 0.1) is 0 Å². The van der Waals surface area contributed by atoms with Crippen molar-refractivity contribution in [1.29, 1.82) is 0 Å². The van der Waals surface area contributed by atoms with Crippen LogP contribution in [0.3, 0.4) is 0 Å².